The minimum Gasteiger partial charge on any atom is -0.455 e. The van der Waals surface area contributed by atoms with E-state index in [1.807, 2.05) is 25.1 Å². The highest BCUT2D eigenvalue weighted by molar-refractivity contribution is 9.10. The van der Waals surface area contributed by atoms with E-state index >= 15 is 0 Å². The molecule has 1 aromatic carbocycles. The lowest BCUT2D eigenvalue weighted by atomic mass is 10.1. The van der Waals surface area contributed by atoms with Crippen molar-refractivity contribution >= 4 is 15.9 Å². The van der Waals surface area contributed by atoms with Crippen LogP contribution in [0.3, 0.4) is 0 Å². The number of rotatable bonds is 4. The lowest BCUT2D eigenvalue weighted by Crippen LogP contribution is -2.03. The summed E-state index contributed by atoms with van der Waals surface area (Å²) in [4.78, 5) is 4.08. The number of aryl methyl sites for hydroxylation is 1. The Kier molecular flexibility index (Phi) is 4.33. The first-order chi connectivity index (χ1) is 8.69. The molecule has 2 aromatic rings. The zero-order valence-electron chi connectivity index (χ0n) is 10.2. The number of hydrogen-bond donors (Lipinski definition) is 1. The van der Waals surface area contributed by atoms with E-state index in [0.29, 0.717) is 6.54 Å². The second-order valence-corrected chi connectivity index (χ2v) is 5.00. The maximum Gasteiger partial charge on any atom is 0.146 e. The third-order valence-electron chi connectivity index (χ3n) is 2.59. The fourth-order valence-corrected chi connectivity index (χ4v) is 2.00. The van der Waals surface area contributed by atoms with E-state index in [0.717, 1.165) is 28.0 Å². The van der Waals surface area contributed by atoms with E-state index in [2.05, 4.69) is 27.0 Å². The van der Waals surface area contributed by atoms with Crippen molar-refractivity contribution in [2.45, 2.75) is 13.3 Å². The van der Waals surface area contributed by atoms with Crippen LogP contribution in [0.1, 0.15) is 11.1 Å². The van der Waals surface area contributed by atoms with Crippen LogP contribution in [0.5, 0.6) is 11.5 Å². The first kappa shape index (κ1) is 13.1. The summed E-state index contributed by atoms with van der Waals surface area (Å²) in [7, 11) is 0. The number of nitrogens with two attached hydrogens (primary N) is 1. The SMILES string of the molecule is Cc1ccc(CCN)cc1Oc1cncc(Br)c1. The van der Waals surface area contributed by atoms with Gasteiger partial charge in [0, 0.05) is 10.7 Å². The summed E-state index contributed by atoms with van der Waals surface area (Å²) in [5, 5.41) is 0. The maximum atomic E-state index is 5.84. The van der Waals surface area contributed by atoms with Crippen LogP contribution in [0, 0.1) is 6.92 Å². The van der Waals surface area contributed by atoms with Gasteiger partial charge in [0.25, 0.3) is 0 Å². The van der Waals surface area contributed by atoms with Crippen LogP contribution >= 0.6 is 15.9 Å². The van der Waals surface area contributed by atoms with Gasteiger partial charge in [-0.15, -0.1) is 0 Å². The van der Waals surface area contributed by atoms with Gasteiger partial charge in [0.1, 0.15) is 11.5 Å². The molecule has 0 spiro atoms. The lowest BCUT2D eigenvalue weighted by molar-refractivity contribution is 0.475. The molecule has 0 aliphatic heterocycles. The zero-order chi connectivity index (χ0) is 13.0. The van der Waals surface area contributed by atoms with Gasteiger partial charge in [0.15, 0.2) is 0 Å². The number of pyridine rings is 1. The fraction of sp³-hybridized carbons (Fsp3) is 0.214. The van der Waals surface area contributed by atoms with Gasteiger partial charge < -0.3 is 10.5 Å². The molecule has 1 aromatic heterocycles. The van der Waals surface area contributed by atoms with Gasteiger partial charge in [-0.3, -0.25) is 4.98 Å². The molecule has 2 N–H and O–H groups in total. The molecular weight excluding hydrogens is 292 g/mol. The molecule has 0 atom stereocenters. The summed E-state index contributed by atoms with van der Waals surface area (Å²) in [5.41, 5.74) is 7.84. The molecule has 0 aliphatic rings. The normalized spacial score (nSPS) is 10.4. The predicted octanol–water partition coefficient (Wildman–Crippen LogP) is 3.45. The molecule has 0 aliphatic carbocycles. The number of aromatic nitrogens is 1. The van der Waals surface area contributed by atoms with Crippen molar-refractivity contribution in [1.29, 1.82) is 0 Å². The van der Waals surface area contributed by atoms with Gasteiger partial charge in [-0.1, -0.05) is 12.1 Å². The number of hydrogen-bond acceptors (Lipinski definition) is 3. The Morgan fingerprint density at radius 3 is 2.83 bits per heavy atom. The van der Waals surface area contributed by atoms with Crippen molar-refractivity contribution in [3.05, 3.63) is 52.3 Å². The highest BCUT2D eigenvalue weighted by Crippen LogP contribution is 2.27. The molecule has 4 heteroatoms. The van der Waals surface area contributed by atoms with Crippen molar-refractivity contribution in [2.75, 3.05) is 6.54 Å². The summed E-state index contributed by atoms with van der Waals surface area (Å²) < 4.78 is 6.74. The largest absolute Gasteiger partial charge is 0.455 e. The second-order valence-electron chi connectivity index (χ2n) is 4.08. The van der Waals surface area contributed by atoms with Gasteiger partial charge in [0.05, 0.1) is 6.20 Å². The molecule has 3 nitrogen and oxygen atoms in total. The van der Waals surface area contributed by atoms with E-state index in [1.165, 1.54) is 5.56 Å². The summed E-state index contributed by atoms with van der Waals surface area (Å²) >= 11 is 3.37. The Labute approximate surface area is 115 Å². The van der Waals surface area contributed by atoms with Crippen molar-refractivity contribution in [3.8, 4) is 11.5 Å². The van der Waals surface area contributed by atoms with E-state index in [4.69, 9.17) is 10.5 Å². The van der Waals surface area contributed by atoms with Crippen LogP contribution in [0.2, 0.25) is 0 Å². The van der Waals surface area contributed by atoms with Gasteiger partial charge >= 0.3 is 0 Å². The van der Waals surface area contributed by atoms with Crippen molar-refractivity contribution in [1.82, 2.24) is 4.98 Å². The highest BCUT2D eigenvalue weighted by Gasteiger charge is 2.04. The van der Waals surface area contributed by atoms with Crippen LogP contribution in [0.15, 0.2) is 41.1 Å². The molecule has 1 heterocycles. The molecule has 0 fully saturated rings. The second kappa shape index (κ2) is 5.98. The standard InChI is InChI=1S/C14H15BrN2O/c1-10-2-3-11(4-5-16)6-14(10)18-13-7-12(15)8-17-9-13/h2-3,6-9H,4-5,16H2,1H3. The highest BCUT2D eigenvalue weighted by atomic mass is 79.9. The van der Waals surface area contributed by atoms with Gasteiger partial charge in [-0.2, -0.15) is 0 Å². The van der Waals surface area contributed by atoms with Crippen LogP contribution in [-0.2, 0) is 6.42 Å². The summed E-state index contributed by atoms with van der Waals surface area (Å²) in [6.45, 7) is 2.66. The fourth-order valence-electron chi connectivity index (χ4n) is 1.65. The number of ether oxygens (including phenoxy) is 1. The topological polar surface area (TPSA) is 48.1 Å². The Balaban J connectivity index is 2.25. The van der Waals surface area contributed by atoms with Crippen molar-refractivity contribution in [3.63, 3.8) is 0 Å². The third kappa shape index (κ3) is 3.31. The molecule has 0 unspecified atom stereocenters. The quantitative estimate of drug-likeness (QED) is 0.941. The molecule has 2 rings (SSSR count). The number of benzene rings is 1. The Morgan fingerprint density at radius 2 is 2.11 bits per heavy atom. The van der Waals surface area contributed by atoms with Crippen molar-refractivity contribution in [2.24, 2.45) is 5.73 Å². The first-order valence-electron chi connectivity index (χ1n) is 5.77. The van der Waals surface area contributed by atoms with Crippen molar-refractivity contribution < 1.29 is 4.74 Å². The number of halogens is 1. The first-order valence-corrected chi connectivity index (χ1v) is 6.56. The Bertz CT molecular complexity index is 543. The molecule has 18 heavy (non-hydrogen) atoms. The summed E-state index contributed by atoms with van der Waals surface area (Å²) in [5.74, 6) is 1.57. The Hall–Kier alpha value is -1.39. The molecule has 0 amide bonds. The molecule has 0 saturated heterocycles. The van der Waals surface area contributed by atoms with E-state index < -0.39 is 0 Å². The van der Waals surface area contributed by atoms with Crippen LogP contribution < -0.4 is 10.5 Å². The van der Waals surface area contributed by atoms with Gasteiger partial charge in [-0.05, 0) is 59.1 Å². The van der Waals surface area contributed by atoms with Crippen LogP contribution in [0.25, 0.3) is 0 Å². The molecular formula is C14H15BrN2O. The minimum atomic E-state index is 0.640. The average Bonchev–Trinajstić information content (AvgIpc) is 2.34. The van der Waals surface area contributed by atoms with E-state index in [-0.39, 0.29) is 0 Å². The lowest BCUT2D eigenvalue weighted by Gasteiger charge is -2.10. The zero-order valence-corrected chi connectivity index (χ0v) is 11.8. The monoisotopic (exact) mass is 306 g/mol. The minimum absolute atomic E-state index is 0.640. The summed E-state index contributed by atoms with van der Waals surface area (Å²) in [6, 6.07) is 8.05. The molecule has 0 saturated carbocycles. The molecule has 0 radical (unpaired) electrons. The summed E-state index contributed by atoms with van der Waals surface area (Å²) in [6.07, 6.45) is 4.28. The molecule has 94 valence electrons. The van der Waals surface area contributed by atoms with E-state index in [1.54, 1.807) is 12.4 Å². The van der Waals surface area contributed by atoms with Crippen LogP contribution in [0.4, 0.5) is 0 Å². The maximum absolute atomic E-state index is 5.84. The average molecular weight is 307 g/mol. The smallest absolute Gasteiger partial charge is 0.146 e. The van der Waals surface area contributed by atoms with E-state index in [9.17, 15) is 0 Å². The van der Waals surface area contributed by atoms with Gasteiger partial charge in [-0.25, -0.2) is 0 Å². The number of nitrogens with zero attached hydrogens (tertiary/aromatic N) is 1. The van der Waals surface area contributed by atoms with Gasteiger partial charge in [0.2, 0.25) is 0 Å². The Morgan fingerprint density at radius 1 is 1.28 bits per heavy atom. The predicted molar refractivity (Wildman–Crippen MR) is 75.9 cm³/mol. The van der Waals surface area contributed by atoms with Crippen LogP contribution in [-0.4, -0.2) is 11.5 Å². The third-order valence-corrected chi connectivity index (χ3v) is 3.03. The molecule has 0 bridgehead atoms.